The van der Waals surface area contributed by atoms with Crippen LogP contribution in [0.4, 0.5) is 0 Å². The number of nitrogens with zero attached hydrogens (tertiary/aromatic N) is 5. The van der Waals surface area contributed by atoms with Crippen LogP contribution in [0.15, 0.2) is 224 Å². The third-order valence-corrected chi connectivity index (χ3v) is 11.3. The maximum absolute atomic E-state index is 5.34. The van der Waals surface area contributed by atoms with Crippen LogP contribution in [-0.2, 0) is 0 Å². The van der Waals surface area contributed by atoms with Gasteiger partial charge in [0.05, 0.1) is 28.1 Å². The van der Waals surface area contributed by atoms with E-state index in [0.29, 0.717) is 17.5 Å². The fourth-order valence-electron chi connectivity index (χ4n) is 8.27. The molecule has 0 amide bonds. The summed E-state index contributed by atoms with van der Waals surface area (Å²) in [6.07, 6.45) is 0. The Morgan fingerprint density at radius 2 is 0.721 bits per heavy atom. The van der Waals surface area contributed by atoms with Crippen LogP contribution < -0.4 is 0 Å². The Hall–Kier alpha value is -8.28. The molecule has 0 spiro atoms. The van der Waals surface area contributed by atoms with Crippen molar-refractivity contribution in [2.24, 2.45) is 0 Å². The minimum atomic E-state index is 0.568. The largest absolute Gasteiger partial charge is 0.309 e. The van der Waals surface area contributed by atoms with Gasteiger partial charge in [0, 0.05) is 38.6 Å². The predicted molar refractivity (Wildman–Crippen MR) is 250 cm³/mol. The number of rotatable bonds is 8. The highest BCUT2D eigenvalue weighted by molar-refractivity contribution is 6.11. The van der Waals surface area contributed by atoms with E-state index < -0.39 is 0 Å². The van der Waals surface area contributed by atoms with Crippen molar-refractivity contribution in [3.05, 3.63) is 224 Å². The summed E-state index contributed by atoms with van der Waals surface area (Å²) in [6.45, 7) is 0. The molecular formula is C56H37N5. The maximum Gasteiger partial charge on any atom is 0.166 e. The third kappa shape index (κ3) is 6.84. The van der Waals surface area contributed by atoms with E-state index in [4.69, 9.17) is 19.9 Å². The molecule has 0 aliphatic rings. The van der Waals surface area contributed by atoms with Crippen LogP contribution in [0.25, 0.3) is 106 Å². The zero-order valence-electron chi connectivity index (χ0n) is 33.1. The first kappa shape index (κ1) is 35.8. The number of fused-ring (bicyclic) bond motifs is 3. The summed E-state index contributed by atoms with van der Waals surface area (Å²) in [5, 5.41) is 2.34. The summed E-state index contributed by atoms with van der Waals surface area (Å²) in [6, 6.07) is 78.1. The van der Waals surface area contributed by atoms with Crippen molar-refractivity contribution >= 4 is 21.8 Å². The van der Waals surface area contributed by atoms with E-state index in [2.05, 4.69) is 156 Å². The average molecular weight is 780 g/mol. The lowest BCUT2D eigenvalue weighted by Gasteiger charge is -2.17. The van der Waals surface area contributed by atoms with Gasteiger partial charge in [-0.3, -0.25) is 0 Å². The van der Waals surface area contributed by atoms with Gasteiger partial charge in [0.1, 0.15) is 0 Å². The van der Waals surface area contributed by atoms with Crippen molar-refractivity contribution in [1.82, 2.24) is 24.5 Å². The third-order valence-electron chi connectivity index (χ3n) is 11.3. The SMILES string of the molecule is c1ccc(-c2cc(-c3ccccc3)nc(-c3ccc(-n4c5ccccc5c5cc(-c6ccccc6)ccc54)c(-c4nc(-c5ccccc5)nc(-c5ccccc5)n4)c3)c2)cc1. The van der Waals surface area contributed by atoms with E-state index in [1.807, 2.05) is 72.8 Å². The van der Waals surface area contributed by atoms with Gasteiger partial charge < -0.3 is 4.57 Å². The molecule has 11 rings (SSSR count). The minimum absolute atomic E-state index is 0.568. The second-order valence-corrected chi connectivity index (χ2v) is 15.1. The fraction of sp³-hybridized carbons (Fsp3) is 0. The van der Waals surface area contributed by atoms with Crippen LogP contribution in [0.3, 0.4) is 0 Å². The predicted octanol–water partition coefficient (Wildman–Crippen LogP) is 14.0. The summed E-state index contributed by atoms with van der Waals surface area (Å²) in [5.74, 6) is 1.77. The number of aromatic nitrogens is 5. The van der Waals surface area contributed by atoms with E-state index >= 15 is 0 Å². The van der Waals surface area contributed by atoms with Gasteiger partial charge in [-0.25, -0.2) is 19.9 Å². The Morgan fingerprint density at radius 3 is 1.33 bits per heavy atom. The summed E-state index contributed by atoms with van der Waals surface area (Å²) >= 11 is 0. The molecule has 0 bridgehead atoms. The molecule has 3 aromatic heterocycles. The van der Waals surface area contributed by atoms with Crippen molar-refractivity contribution < 1.29 is 0 Å². The van der Waals surface area contributed by atoms with Crippen LogP contribution in [0.1, 0.15) is 0 Å². The minimum Gasteiger partial charge on any atom is -0.309 e. The van der Waals surface area contributed by atoms with E-state index in [1.54, 1.807) is 0 Å². The Kier molecular flexibility index (Phi) is 9.10. The number of para-hydroxylation sites is 1. The molecule has 0 atom stereocenters. The van der Waals surface area contributed by atoms with Gasteiger partial charge in [0.15, 0.2) is 17.5 Å². The molecule has 0 aliphatic carbocycles. The van der Waals surface area contributed by atoms with Gasteiger partial charge in [-0.2, -0.15) is 0 Å². The van der Waals surface area contributed by atoms with Crippen LogP contribution >= 0.6 is 0 Å². The van der Waals surface area contributed by atoms with Crippen molar-refractivity contribution in [3.63, 3.8) is 0 Å². The van der Waals surface area contributed by atoms with Crippen LogP contribution in [0.5, 0.6) is 0 Å². The number of hydrogen-bond acceptors (Lipinski definition) is 4. The standard InChI is InChI=1S/C56H37N5/c1-6-18-38(19-7-1)43-30-32-52-47(34-43)46-28-16-17-29-51(46)61(52)53-33-31-44(50-37-45(39-20-8-2-9-21-39)36-49(57-50)40-22-10-3-11-23-40)35-48(53)56-59-54(41-24-12-4-13-25-41)58-55(60-56)42-26-14-5-15-27-42/h1-37H. The Balaban J connectivity index is 1.20. The zero-order valence-corrected chi connectivity index (χ0v) is 33.1. The smallest absolute Gasteiger partial charge is 0.166 e. The average Bonchev–Trinajstić information content (AvgIpc) is 3.68. The molecular weight excluding hydrogens is 743 g/mol. The fourth-order valence-corrected chi connectivity index (χ4v) is 8.27. The molecule has 11 aromatic rings. The molecule has 61 heavy (non-hydrogen) atoms. The Labute approximate surface area is 354 Å². The lowest BCUT2D eigenvalue weighted by Crippen LogP contribution is -2.04. The lowest BCUT2D eigenvalue weighted by atomic mass is 9.98. The second-order valence-electron chi connectivity index (χ2n) is 15.1. The van der Waals surface area contributed by atoms with E-state index in [-0.39, 0.29) is 0 Å². The molecule has 5 nitrogen and oxygen atoms in total. The summed E-state index contributed by atoms with van der Waals surface area (Å²) in [4.78, 5) is 21.0. The summed E-state index contributed by atoms with van der Waals surface area (Å²) in [5.41, 5.74) is 14.1. The molecule has 5 heteroatoms. The van der Waals surface area contributed by atoms with Gasteiger partial charge in [-0.15, -0.1) is 0 Å². The Morgan fingerprint density at radius 1 is 0.262 bits per heavy atom. The monoisotopic (exact) mass is 779 g/mol. The van der Waals surface area contributed by atoms with Gasteiger partial charge in [0.25, 0.3) is 0 Å². The van der Waals surface area contributed by atoms with Gasteiger partial charge in [-0.05, 0) is 64.7 Å². The first-order valence-corrected chi connectivity index (χ1v) is 20.5. The number of hydrogen-bond donors (Lipinski definition) is 0. The first-order chi connectivity index (χ1) is 30.2. The van der Waals surface area contributed by atoms with E-state index in [0.717, 1.165) is 67.1 Å². The van der Waals surface area contributed by atoms with Gasteiger partial charge >= 0.3 is 0 Å². The van der Waals surface area contributed by atoms with Gasteiger partial charge in [-0.1, -0.05) is 182 Å². The summed E-state index contributed by atoms with van der Waals surface area (Å²) in [7, 11) is 0. The highest BCUT2D eigenvalue weighted by Gasteiger charge is 2.21. The molecule has 0 aliphatic heterocycles. The zero-order chi connectivity index (χ0) is 40.5. The van der Waals surface area contributed by atoms with Crippen molar-refractivity contribution in [2.75, 3.05) is 0 Å². The molecule has 0 radical (unpaired) electrons. The molecule has 8 aromatic carbocycles. The second kappa shape index (κ2) is 15.5. The molecule has 0 saturated carbocycles. The van der Waals surface area contributed by atoms with Crippen molar-refractivity contribution in [3.8, 4) is 84.6 Å². The van der Waals surface area contributed by atoms with Crippen LogP contribution in [-0.4, -0.2) is 24.5 Å². The highest BCUT2D eigenvalue weighted by Crippen LogP contribution is 2.40. The van der Waals surface area contributed by atoms with Gasteiger partial charge in [0.2, 0.25) is 0 Å². The van der Waals surface area contributed by atoms with E-state index in [1.165, 1.54) is 21.9 Å². The normalized spacial score (nSPS) is 11.3. The number of pyridine rings is 1. The highest BCUT2D eigenvalue weighted by atomic mass is 15.1. The molecule has 286 valence electrons. The Bertz CT molecular complexity index is 3210. The van der Waals surface area contributed by atoms with Crippen LogP contribution in [0, 0.1) is 0 Å². The van der Waals surface area contributed by atoms with Crippen molar-refractivity contribution in [1.29, 1.82) is 0 Å². The lowest BCUT2D eigenvalue weighted by molar-refractivity contribution is 1.06. The maximum atomic E-state index is 5.34. The topological polar surface area (TPSA) is 56.5 Å². The quantitative estimate of drug-likeness (QED) is 0.154. The first-order valence-electron chi connectivity index (χ1n) is 20.5. The van der Waals surface area contributed by atoms with Crippen LogP contribution in [0.2, 0.25) is 0 Å². The molecule has 0 unspecified atom stereocenters. The van der Waals surface area contributed by atoms with Crippen molar-refractivity contribution in [2.45, 2.75) is 0 Å². The molecule has 0 fully saturated rings. The molecule has 3 heterocycles. The summed E-state index contributed by atoms with van der Waals surface area (Å²) < 4.78 is 2.36. The van der Waals surface area contributed by atoms with E-state index in [9.17, 15) is 0 Å². The molecule has 0 N–H and O–H groups in total. The number of benzene rings is 8. The molecule has 0 saturated heterocycles.